The molecule has 19 heavy (non-hydrogen) atoms. The maximum absolute atomic E-state index is 11.9. The van der Waals surface area contributed by atoms with E-state index in [9.17, 15) is 15.0 Å². The predicted molar refractivity (Wildman–Crippen MR) is 73.9 cm³/mol. The van der Waals surface area contributed by atoms with Gasteiger partial charge in [0, 0.05) is 18.6 Å². The molecule has 0 bridgehead atoms. The number of unbranched alkanes of at least 4 members (excludes halogenated alkanes) is 1. The molecular weight excluding hydrogens is 244 g/mol. The molecule has 0 unspecified atom stereocenters. The van der Waals surface area contributed by atoms with Gasteiger partial charge in [-0.2, -0.15) is 0 Å². The van der Waals surface area contributed by atoms with Crippen molar-refractivity contribution in [1.82, 2.24) is 0 Å². The van der Waals surface area contributed by atoms with E-state index in [0.29, 0.717) is 18.6 Å². The van der Waals surface area contributed by atoms with Crippen LogP contribution in [-0.2, 0) is 0 Å². The van der Waals surface area contributed by atoms with Crippen LogP contribution >= 0.6 is 0 Å². The van der Waals surface area contributed by atoms with Crippen LogP contribution in [0.5, 0.6) is 17.2 Å². The zero-order chi connectivity index (χ0) is 14.3. The van der Waals surface area contributed by atoms with Crippen LogP contribution in [0.2, 0.25) is 0 Å². The van der Waals surface area contributed by atoms with E-state index in [1.54, 1.807) is 0 Å². The molecule has 2 N–H and O–H groups in total. The van der Waals surface area contributed by atoms with Crippen LogP contribution < -0.4 is 4.74 Å². The first-order valence-electron chi connectivity index (χ1n) is 6.38. The fraction of sp³-hybridized carbons (Fsp3) is 0.400. The van der Waals surface area contributed by atoms with E-state index in [0.717, 1.165) is 12.8 Å². The standard InChI is InChI=1S/C15H20O4/c1-3-4-5-6-7-8-12(16)15-13(17)9-11(19-2)10-14(15)18/h4-5,9-10,17-18H,3,6-8H2,1-2H3/b5-4-. The van der Waals surface area contributed by atoms with Crippen molar-refractivity contribution >= 4 is 5.78 Å². The van der Waals surface area contributed by atoms with Crippen molar-refractivity contribution in [2.45, 2.75) is 32.6 Å². The number of methoxy groups -OCH3 is 1. The molecule has 0 fully saturated rings. The fourth-order valence-electron chi connectivity index (χ4n) is 1.78. The first-order chi connectivity index (χ1) is 9.10. The number of allylic oxidation sites excluding steroid dienone is 2. The van der Waals surface area contributed by atoms with E-state index in [1.165, 1.54) is 19.2 Å². The average molecular weight is 264 g/mol. The van der Waals surface area contributed by atoms with Crippen molar-refractivity contribution in [3.8, 4) is 17.2 Å². The van der Waals surface area contributed by atoms with Crippen LogP contribution in [0.15, 0.2) is 24.3 Å². The third kappa shape index (κ3) is 4.32. The van der Waals surface area contributed by atoms with Crippen LogP contribution in [0.4, 0.5) is 0 Å². The lowest BCUT2D eigenvalue weighted by molar-refractivity contribution is 0.0975. The summed E-state index contributed by atoms with van der Waals surface area (Å²) in [5.41, 5.74) is -0.0275. The van der Waals surface area contributed by atoms with E-state index in [2.05, 4.69) is 6.92 Å². The third-order valence-electron chi connectivity index (χ3n) is 2.76. The Hall–Kier alpha value is -1.97. The minimum absolute atomic E-state index is 0.0275. The summed E-state index contributed by atoms with van der Waals surface area (Å²) in [5.74, 6) is -0.433. The van der Waals surface area contributed by atoms with E-state index >= 15 is 0 Å². The number of hydrogen-bond donors (Lipinski definition) is 2. The Balaban J connectivity index is 2.69. The van der Waals surface area contributed by atoms with Gasteiger partial charge in [0.25, 0.3) is 0 Å². The molecule has 0 spiro atoms. The lowest BCUT2D eigenvalue weighted by Gasteiger charge is -2.08. The number of carbonyl (C=O) groups excluding carboxylic acids is 1. The number of rotatable bonds is 7. The summed E-state index contributed by atoms with van der Waals surface area (Å²) in [4.78, 5) is 11.9. The van der Waals surface area contributed by atoms with Gasteiger partial charge >= 0.3 is 0 Å². The summed E-state index contributed by atoms with van der Waals surface area (Å²) in [6, 6.07) is 2.65. The number of phenols is 2. The Kier molecular flexibility index (Phi) is 5.93. The maximum atomic E-state index is 11.9. The topological polar surface area (TPSA) is 66.8 Å². The highest BCUT2D eigenvalue weighted by molar-refractivity contribution is 6.01. The Morgan fingerprint density at radius 2 is 1.89 bits per heavy atom. The number of carbonyl (C=O) groups is 1. The Labute approximate surface area is 113 Å². The first kappa shape index (κ1) is 15.1. The van der Waals surface area contributed by atoms with Crippen molar-refractivity contribution < 1.29 is 19.7 Å². The molecule has 0 saturated heterocycles. The summed E-state index contributed by atoms with van der Waals surface area (Å²) >= 11 is 0. The smallest absolute Gasteiger partial charge is 0.170 e. The summed E-state index contributed by atoms with van der Waals surface area (Å²) in [7, 11) is 1.43. The summed E-state index contributed by atoms with van der Waals surface area (Å²) in [6.45, 7) is 2.05. The highest BCUT2D eigenvalue weighted by Gasteiger charge is 2.17. The van der Waals surface area contributed by atoms with E-state index in [-0.39, 0.29) is 22.8 Å². The number of phenolic OH excluding ortho intramolecular Hbond substituents is 2. The molecule has 0 atom stereocenters. The monoisotopic (exact) mass is 264 g/mol. The van der Waals surface area contributed by atoms with Gasteiger partial charge in [-0.25, -0.2) is 0 Å². The Morgan fingerprint density at radius 1 is 1.26 bits per heavy atom. The lowest BCUT2D eigenvalue weighted by Crippen LogP contribution is -2.00. The molecule has 4 heteroatoms. The van der Waals surface area contributed by atoms with E-state index < -0.39 is 0 Å². The molecule has 0 aliphatic heterocycles. The van der Waals surface area contributed by atoms with Gasteiger partial charge in [-0.1, -0.05) is 19.1 Å². The molecule has 4 nitrogen and oxygen atoms in total. The predicted octanol–water partition coefficient (Wildman–Crippen LogP) is 3.43. The van der Waals surface area contributed by atoms with Gasteiger partial charge in [0.05, 0.1) is 7.11 Å². The van der Waals surface area contributed by atoms with Crippen LogP contribution in [-0.4, -0.2) is 23.1 Å². The zero-order valence-corrected chi connectivity index (χ0v) is 11.3. The second-order valence-electron chi connectivity index (χ2n) is 4.24. The van der Waals surface area contributed by atoms with Gasteiger partial charge in [-0.15, -0.1) is 0 Å². The summed E-state index contributed by atoms with van der Waals surface area (Å²) < 4.78 is 4.90. The number of aromatic hydroxyl groups is 2. The molecule has 0 aromatic heterocycles. The van der Waals surface area contributed by atoms with Crippen LogP contribution in [0.25, 0.3) is 0 Å². The van der Waals surface area contributed by atoms with Crippen LogP contribution in [0.3, 0.4) is 0 Å². The molecule has 0 amide bonds. The third-order valence-corrected chi connectivity index (χ3v) is 2.76. The molecule has 0 aliphatic carbocycles. The second kappa shape index (κ2) is 7.46. The lowest BCUT2D eigenvalue weighted by atomic mass is 10.0. The first-order valence-corrected chi connectivity index (χ1v) is 6.38. The molecular formula is C15H20O4. The summed E-state index contributed by atoms with van der Waals surface area (Å²) in [6.07, 6.45) is 6.86. The van der Waals surface area contributed by atoms with Gasteiger partial charge < -0.3 is 14.9 Å². The molecule has 0 heterocycles. The molecule has 104 valence electrons. The number of Topliss-reactive ketones (excluding diaryl/α,β-unsaturated/α-hetero) is 1. The fourth-order valence-corrected chi connectivity index (χ4v) is 1.78. The number of benzene rings is 1. The van der Waals surface area contributed by atoms with Crippen molar-refractivity contribution in [1.29, 1.82) is 0 Å². The Bertz CT molecular complexity index is 440. The number of ketones is 1. The van der Waals surface area contributed by atoms with E-state index in [1.807, 2.05) is 12.2 Å². The molecule has 0 radical (unpaired) electrons. The van der Waals surface area contributed by atoms with Crippen LogP contribution in [0, 0.1) is 0 Å². The minimum Gasteiger partial charge on any atom is -0.507 e. The largest absolute Gasteiger partial charge is 0.507 e. The molecule has 0 saturated carbocycles. The molecule has 1 aromatic rings. The highest BCUT2D eigenvalue weighted by atomic mass is 16.5. The number of hydrogen-bond acceptors (Lipinski definition) is 4. The Morgan fingerprint density at radius 3 is 2.42 bits per heavy atom. The molecule has 0 aliphatic rings. The average Bonchev–Trinajstić information content (AvgIpc) is 2.37. The zero-order valence-electron chi connectivity index (χ0n) is 11.3. The van der Waals surface area contributed by atoms with Crippen molar-refractivity contribution in [2.24, 2.45) is 0 Å². The van der Waals surface area contributed by atoms with Crippen molar-refractivity contribution in [3.63, 3.8) is 0 Å². The van der Waals surface area contributed by atoms with Gasteiger partial charge in [-0.05, 0) is 19.3 Å². The van der Waals surface area contributed by atoms with E-state index in [4.69, 9.17) is 4.74 Å². The van der Waals surface area contributed by atoms with Gasteiger partial charge in [-0.3, -0.25) is 4.79 Å². The van der Waals surface area contributed by atoms with Gasteiger partial charge in [0.1, 0.15) is 22.8 Å². The molecule has 1 rings (SSSR count). The quantitative estimate of drug-likeness (QED) is 0.450. The van der Waals surface area contributed by atoms with Gasteiger partial charge in [0.2, 0.25) is 0 Å². The molecule has 1 aromatic carbocycles. The SMILES string of the molecule is CC/C=C\CCCC(=O)c1c(O)cc(OC)cc1O. The van der Waals surface area contributed by atoms with Crippen LogP contribution in [0.1, 0.15) is 43.0 Å². The second-order valence-corrected chi connectivity index (χ2v) is 4.24. The normalized spacial score (nSPS) is 10.8. The number of ether oxygens (including phenoxy) is 1. The minimum atomic E-state index is -0.262. The summed E-state index contributed by atoms with van der Waals surface area (Å²) in [5, 5.41) is 19.5. The highest BCUT2D eigenvalue weighted by Crippen LogP contribution is 2.33. The van der Waals surface area contributed by atoms with Crippen molar-refractivity contribution in [2.75, 3.05) is 7.11 Å². The van der Waals surface area contributed by atoms with Crippen molar-refractivity contribution in [3.05, 3.63) is 29.8 Å². The van der Waals surface area contributed by atoms with Gasteiger partial charge in [0.15, 0.2) is 5.78 Å². The maximum Gasteiger partial charge on any atom is 0.170 e.